The SMILES string of the molecule is Cc1cc(C(=O)NCC(Br)C(C)C)ccc1O. The predicted molar refractivity (Wildman–Crippen MR) is 72.7 cm³/mol. The first-order chi connectivity index (χ1) is 7.91. The molecule has 4 heteroatoms. The van der Waals surface area contributed by atoms with Crippen LogP contribution in [0.1, 0.15) is 29.8 Å². The molecule has 0 heterocycles. The van der Waals surface area contributed by atoms with Gasteiger partial charge >= 0.3 is 0 Å². The smallest absolute Gasteiger partial charge is 0.251 e. The molecule has 0 spiro atoms. The van der Waals surface area contributed by atoms with E-state index in [-0.39, 0.29) is 16.5 Å². The first kappa shape index (κ1) is 14.0. The lowest BCUT2D eigenvalue weighted by Crippen LogP contribution is -2.31. The number of nitrogens with one attached hydrogen (secondary N) is 1. The molecule has 17 heavy (non-hydrogen) atoms. The van der Waals surface area contributed by atoms with Crippen LogP contribution in [0.5, 0.6) is 5.75 Å². The highest BCUT2D eigenvalue weighted by molar-refractivity contribution is 9.09. The molecule has 1 amide bonds. The zero-order valence-corrected chi connectivity index (χ0v) is 11.9. The van der Waals surface area contributed by atoms with Gasteiger partial charge in [0.15, 0.2) is 0 Å². The monoisotopic (exact) mass is 299 g/mol. The van der Waals surface area contributed by atoms with Gasteiger partial charge in [0.1, 0.15) is 5.75 Å². The molecule has 1 aromatic carbocycles. The molecule has 0 saturated heterocycles. The molecule has 1 aromatic rings. The molecule has 0 aromatic heterocycles. The summed E-state index contributed by atoms with van der Waals surface area (Å²) in [6.45, 7) is 6.55. The van der Waals surface area contributed by atoms with Crippen LogP contribution in [0.15, 0.2) is 18.2 Å². The number of hydrogen-bond acceptors (Lipinski definition) is 2. The lowest BCUT2D eigenvalue weighted by Gasteiger charge is -2.14. The number of aromatic hydroxyl groups is 1. The van der Waals surface area contributed by atoms with Gasteiger partial charge in [0.25, 0.3) is 5.91 Å². The predicted octanol–water partition coefficient (Wildman–Crippen LogP) is 2.85. The second-order valence-electron chi connectivity index (χ2n) is 4.47. The number of halogens is 1. The van der Waals surface area contributed by atoms with Crippen molar-refractivity contribution in [1.82, 2.24) is 5.32 Å². The standard InChI is InChI=1S/C13H18BrNO2/c1-8(2)11(14)7-15-13(17)10-4-5-12(16)9(3)6-10/h4-6,8,11,16H,7H2,1-3H3,(H,15,17). The van der Waals surface area contributed by atoms with E-state index in [9.17, 15) is 9.90 Å². The van der Waals surface area contributed by atoms with Gasteiger partial charge in [0, 0.05) is 16.9 Å². The zero-order valence-electron chi connectivity index (χ0n) is 10.3. The summed E-state index contributed by atoms with van der Waals surface area (Å²) in [5, 5.41) is 12.2. The van der Waals surface area contributed by atoms with Gasteiger partial charge in [-0.15, -0.1) is 0 Å². The first-order valence-corrected chi connectivity index (χ1v) is 6.55. The lowest BCUT2D eigenvalue weighted by atomic mass is 10.1. The number of phenolic OH excluding ortho intramolecular Hbond substituents is 1. The number of aryl methyl sites for hydroxylation is 1. The number of rotatable bonds is 4. The molecule has 0 aliphatic rings. The fourth-order valence-electron chi connectivity index (χ4n) is 1.32. The molecule has 2 N–H and O–H groups in total. The van der Waals surface area contributed by atoms with Gasteiger partial charge in [-0.05, 0) is 36.6 Å². The Bertz CT molecular complexity index is 404. The Balaban J connectivity index is 2.61. The van der Waals surface area contributed by atoms with Crippen molar-refractivity contribution >= 4 is 21.8 Å². The third kappa shape index (κ3) is 4.04. The maximum Gasteiger partial charge on any atom is 0.251 e. The Morgan fingerprint density at radius 3 is 2.65 bits per heavy atom. The largest absolute Gasteiger partial charge is 0.508 e. The van der Waals surface area contributed by atoms with Crippen molar-refractivity contribution in [3.63, 3.8) is 0 Å². The third-order valence-corrected chi connectivity index (χ3v) is 4.02. The molecule has 0 bridgehead atoms. The molecule has 1 unspecified atom stereocenters. The van der Waals surface area contributed by atoms with Gasteiger partial charge in [-0.3, -0.25) is 4.79 Å². The second-order valence-corrected chi connectivity index (χ2v) is 5.65. The zero-order chi connectivity index (χ0) is 13.0. The van der Waals surface area contributed by atoms with Gasteiger partial charge in [-0.25, -0.2) is 0 Å². The molecule has 0 radical (unpaired) electrons. The number of alkyl halides is 1. The molecule has 0 fully saturated rings. The third-order valence-electron chi connectivity index (χ3n) is 2.64. The normalized spacial score (nSPS) is 12.5. The highest BCUT2D eigenvalue weighted by Crippen LogP contribution is 2.17. The summed E-state index contributed by atoms with van der Waals surface area (Å²) in [5.41, 5.74) is 1.28. The highest BCUT2D eigenvalue weighted by atomic mass is 79.9. The Labute approximate surface area is 110 Å². The van der Waals surface area contributed by atoms with Crippen LogP contribution in [0, 0.1) is 12.8 Å². The minimum Gasteiger partial charge on any atom is -0.508 e. The maximum absolute atomic E-state index is 11.8. The number of carbonyl (C=O) groups excluding carboxylic acids is 1. The van der Waals surface area contributed by atoms with Crippen molar-refractivity contribution in [2.24, 2.45) is 5.92 Å². The summed E-state index contributed by atoms with van der Waals surface area (Å²) < 4.78 is 0. The Morgan fingerprint density at radius 1 is 1.47 bits per heavy atom. The van der Waals surface area contributed by atoms with Crippen LogP contribution >= 0.6 is 15.9 Å². The number of amides is 1. The van der Waals surface area contributed by atoms with Crippen LogP contribution in [0.3, 0.4) is 0 Å². The number of phenols is 1. The van der Waals surface area contributed by atoms with E-state index in [1.807, 2.05) is 0 Å². The fraction of sp³-hybridized carbons (Fsp3) is 0.462. The van der Waals surface area contributed by atoms with E-state index >= 15 is 0 Å². The van der Waals surface area contributed by atoms with E-state index in [0.717, 1.165) is 0 Å². The van der Waals surface area contributed by atoms with Gasteiger partial charge < -0.3 is 10.4 Å². The molecule has 0 aliphatic carbocycles. The topological polar surface area (TPSA) is 49.3 Å². The number of carbonyl (C=O) groups is 1. The molecule has 0 saturated carbocycles. The van der Waals surface area contributed by atoms with Crippen molar-refractivity contribution in [1.29, 1.82) is 0 Å². The number of hydrogen-bond donors (Lipinski definition) is 2. The average molecular weight is 300 g/mol. The minimum atomic E-state index is -0.113. The quantitative estimate of drug-likeness (QED) is 0.840. The van der Waals surface area contributed by atoms with E-state index in [4.69, 9.17) is 0 Å². The van der Waals surface area contributed by atoms with Crippen molar-refractivity contribution in [3.8, 4) is 5.75 Å². The maximum atomic E-state index is 11.8. The van der Waals surface area contributed by atoms with Crippen LogP contribution < -0.4 is 5.32 Å². The van der Waals surface area contributed by atoms with Gasteiger partial charge in [-0.1, -0.05) is 29.8 Å². The minimum absolute atomic E-state index is 0.113. The summed E-state index contributed by atoms with van der Waals surface area (Å²) >= 11 is 3.51. The lowest BCUT2D eigenvalue weighted by molar-refractivity contribution is 0.0953. The van der Waals surface area contributed by atoms with Crippen LogP contribution in [0.2, 0.25) is 0 Å². The Hall–Kier alpha value is -1.03. The summed E-state index contributed by atoms with van der Waals surface area (Å²) in [4.78, 5) is 12.1. The first-order valence-electron chi connectivity index (χ1n) is 5.63. The summed E-state index contributed by atoms with van der Waals surface area (Å²) in [6, 6.07) is 4.85. The van der Waals surface area contributed by atoms with E-state index in [0.29, 0.717) is 23.6 Å². The van der Waals surface area contributed by atoms with Crippen LogP contribution in [0.25, 0.3) is 0 Å². The van der Waals surface area contributed by atoms with Crippen molar-refractivity contribution < 1.29 is 9.90 Å². The molecule has 1 atom stereocenters. The number of benzene rings is 1. The van der Waals surface area contributed by atoms with Gasteiger partial charge in [0.05, 0.1) is 0 Å². The average Bonchev–Trinajstić information content (AvgIpc) is 2.28. The van der Waals surface area contributed by atoms with Crippen molar-refractivity contribution in [2.75, 3.05) is 6.54 Å². The van der Waals surface area contributed by atoms with E-state index in [1.54, 1.807) is 19.1 Å². The van der Waals surface area contributed by atoms with Gasteiger partial charge in [0.2, 0.25) is 0 Å². The van der Waals surface area contributed by atoms with Crippen molar-refractivity contribution in [3.05, 3.63) is 29.3 Å². The molecule has 3 nitrogen and oxygen atoms in total. The van der Waals surface area contributed by atoms with E-state index < -0.39 is 0 Å². The van der Waals surface area contributed by atoms with Crippen LogP contribution in [0.4, 0.5) is 0 Å². The molecule has 0 aliphatic heterocycles. The summed E-state index contributed by atoms with van der Waals surface area (Å²) in [7, 11) is 0. The summed E-state index contributed by atoms with van der Waals surface area (Å²) in [6.07, 6.45) is 0. The Morgan fingerprint density at radius 2 is 2.12 bits per heavy atom. The molecular formula is C13H18BrNO2. The highest BCUT2D eigenvalue weighted by Gasteiger charge is 2.12. The van der Waals surface area contributed by atoms with Crippen molar-refractivity contribution in [2.45, 2.75) is 25.6 Å². The Kier molecular flexibility index (Phi) is 5.00. The van der Waals surface area contributed by atoms with E-state index in [1.165, 1.54) is 6.07 Å². The van der Waals surface area contributed by atoms with E-state index in [2.05, 4.69) is 35.1 Å². The summed E-state index contributed by atoms with van der Waals surface area (Å²) in [5.74, 6) is 0.567. The molecule has 94 valence electrons. The molecular weight excluding hydrogens is 282 g/mol. The van der Waals surface area contributed by atoms with Gasteiger partial charge in [-0.2, -0.15) is 0 Å². The fourth-order valence-corrected chi connectivity index (χ4v) is 1.49. The second kappa shape index (κ2) is 6.05. The van der Waals surface area contributed by atoms with Crippen LogP contribution in [-0.4, -0.2) is 22.4 Å². The molecule has 1 rings (SSSR count). The van der Waals surface area contributed by atoms with Crippen LogP contribution in [-0.2, 0) is 0 Å².